The molecule has 1 amide bonds. The standard InChI is InChI=1S/C10H20N2O/c1-9(2,11)8(13)12-10(3)6-4-5-7-10/h4-7,11H2,1-3H3,(H,12,13). The van der Waals surface area contributed by atoms with Crippen LogP contribution in [0, 0.1) is 0 Å². The van der Waals surface area contributed by atoms with Gasteiger partial charge in [-0.05, 0) is 33.6 Å². The van der Waals surface area contributed by atoms with Crippen molar-refractivity contribution in [1.82, 2.24) is 5.32 Å². The first kappa shape index (κ1) is 10.5. The number of nitrogens with one attached hydrogen (secondary N) is 1. The molecule has 0 bridgehead atoms. The molecule has 76 valence electrons. The van der Waals surface area contributed by atoms with Crippen LogP contribution in [0.4, 0.5) is 0 Å². The minimum Gasteiger partial charge on any atom is -0.349 e. The number of carbonyl (C=O) groups is 1. The summed E-state index contributed by atoms with van der Waals surface area (Å²) >= 11 is 0. The normalized spacial score (nSPS) is 21.5. The quantitative estimate of drug-likeness (QED) is 0.677. The summed E-state index contributed by atoms with van der Waals surface area (Å²) in [5, 5.41) is 3.03. The molecule has 3 nitrogen and oxygen atoms in total. The maximum Gasteiger partial charge on any atom is 0.239 e. The Morgan fingerprint density at radius 1 is 1.38 bits per heavy atom. The second-order valence-electron chi connectivity index (χ2n) is 4.94. The topological polar surface area (TPSA) is 55.1 Å². The van der Waals surface area contributed by atoms with Gasteiger partial charge in [0.1, 0.15) is 0 Å². The summed E-state index contributed by atoms with van der Waals surface area (Å²) in [4.78, 5) is 11.6. The van der Waals surface area contributed by atoms with Gasteiger partial charge >= 0.3 is 0 Å². The van der Waals surface area contributed by atoms with Crippen molar-refractivity contribution in [3.63, 3.8) is 0 Å². The van der Waals surface area contributed by atoms with Crippen molar-refractivity contribution in [3.05, 3.63) is 0 Å². The van der Waals surface area contributed by atoms with Crippen LogP contribution < -0.4 is 11.1 Å². The van der Waals surface area contributed by atoms with Gasteiger partial charge in [-0.1, -0.05) is 12.8 Å². The SMILES string of the molecule is CC1(NC(=O)C(C)(C)N)CCCC1. The number of amides is 1. The fourth-order valence-electron chi connectivity index (χ4n) is 1.72. The predicted octanol–water partition coefficient (Wildman–Crippen LogP) is 1.17. The zero-order valence-electron chi connectivity index (χ0n) is 8.81. The van der Waals surface area contributed by atoms with E-state index in [1.165, 1.54) is 12.8 Å². The third-order valence-corrected chi connectivity index (χ3v) is 2.71. The van der Waals surface area contributed by atoms with E-state index in [0.29, 0.717) is 0 Å². The molecule has 0 aliphatic heterocycles. The largest absolute Gasteiger partial charge is 0.349 e. The van der Waals surface area contributed by atoms with E-state index in [4.69, 9.17) is 5.73 Å². The lowest BCUT2D eigenvalue weighted by atomic mass is 9.97. The van der Waals surface area contributed by atoms with Crippen LogP contribution in [0.15, 0.2) is 0 Å². The van der Waals surface area contributed by atoms with Gasteiger partial charge in [-0.15, -0.1) is 0 Å². The lowest BCUT2D eigenvalue weighted by Gasteiger charge is -2.29. The lowest BCUT2D eigenvalue weighted by Crippen LogP contribution is -2.55. The van der Waals surface area contributed by atoms with Gasteiger partial charge in [-0.25, -0.2) is 0 Å². The third kappa shape index (κ3) is 2.69. The summed E-state index contributed by atoms with van der Waals surface area (Å²) in [6.07, 6.45) is 4.58. The van der Waals surface area contributed by atoms with Crippen LogP contribution in [0.2, 0.25) is 0 Å². The molecule has 0 atom stereocenters. The van der Waals surface area contributed by atoms with E-state index in [0.717, 1.165) is 12.8 Å². The highest BCUT2D eigenvalue weighted by atomic mass is 16.2. The number of carbonyl (C=O) groups excluding carboxylic acids is 1. The minimum atomic E-state index is -0.758. The van der Waals surface area contributed by atoms with Crippen molar-refractivity contribution in [3.8, 4) is 0 Å². The maximum atomic E-state index is 11.6. The molecule has 1 fully saturated rings. The molecule has 3 N–H and O–H groups in total. The number of nitrogens with two attached hydrogens (primary N) is 1. The smallest absolute Gasteiger partial charge is 0.239 e. The molecule has 0 radical (unpaired) electrons. The second-order valence-corrected chi connectivity index (χ2v) is 4.94. The Kier molecular flexibility index (Phi) is 2.66. The monoisotopic (exact) mass is 184 g/mol. The van der Waals surface area contributed by atoms with Crippen molar-refractivity contribution in [2.45, 2.75) is 57.5 Å². The van der Waals surface area contributed by atoms with Crippen LogP contribution in [0.5, 0.6) is 0 Å². The Labute approximate surface area is 80.1 Å². The molecule has 0 aromatic carbocycles. The molecule has 0 heterocycles. The van der Waals surface area contributed by atoms with Crippen molar-refractivity contribution >= 4 is 5.91 Å². The first-order chi connectivity index (χ1) is 5.83. The molecular formula is C10H20N2O. The maximum absolute atomic E-state index is 11.6. The van der Waals surface area contributed by atoms with Crippen LogP contribution in [-0.2, 0) is 4.79 Å². The molecule has 3 heteroatoms. The van der Waals surface area contributed by atoms with E-state index in [-0.39, 0.29) is 11.4 Å². The van der Waals surface area contributed by atoms with E-state index in [9.17, 15) is 4.79 Å². The molecule has 1 rings (SSSR count). The summed E-state index contributed by atoms with van der Waals surface area (Å²) in [6.45, 7) is 5.57. The van der Waals surface area contributed by atoms with Gasteiger partial charge in [0.15, 0.2) is 0 Å². The third-order valence-electron chi connectivity index (χ3n) is 2.71. The zero-order chi connectivity index (χ0) is 10.1. The molecule has 1 aliphatic rings. The van der Waals surface area contributed by atoms with Gasteiger partial charge in [-0.3, -0.25) is 4.79 Å². The Morgan fingerprint density at radius 2 is 1.85 bits per heavy atom. The summed E-state index contributed by atoms with van der Waals surface area (Å²) in [5.41, 5.74) is 4.94. The van der Waals surface area contributed by atoms with Crippen LogP contribution in [0.1, 0.15) is 46.5 Å². The first-order valence-corrected chi connectivity index (χ1v) is 4.95. The molecule has 0 saturated heterocycles. The Hall–Kier alpha value is -0.570. The zero-order valence-corrected chi connectivity index (χ0v) is 8.81. The van der Waals surface area contributed by atoms with Crippen molar-refractivity contribution in [1.29, 1.82) is 0 Å². The van der Waals surface area contributed by atoms with Gasteiger partial charge in [-0.2, -0.15) is 0 Å². The predicted molar refractivity (Wildman–Crippen MR) is 53.3 cm³/mol. The Balaban J connectivity index is 2.53. The second kappa shape index (κ2) is 3.29. The van der Waals surface area contributed by atoms with Gasteiger partial charge in [0, 0.05) is 5.54 Å². The fraction of sp³-hybridized carbons (Fsp3) is 0.900. The van der Waals surface area contributed by atoms with Crippen molar-refractivity contribution in [2.24, 2.45) is 5.73 Å². The average Bonchev–Trinajstić information content (AvgIpc) is 2.33. The van der Waals surface area contributed by atoms with E-state index in [2.05, 4.69) is 12.2 Å². The Morgan fingerprint density at radius 3 is 2.23 bits per heavy atom. The molecular weight excluding hydrogens is 164 g/mol. The summed E-state index contributed by atoms with van der Waals surface area (Å²) in [6, 6.07) is 0. The lowest BCUT2D eigenvalue weighted by molar-refractivity contribution is -0.127. The molecule has 0 spiro atoms. The summed E-state index contributed by atoms with van der Waals surface area (Å²) in [5.74, 6) is -0.0445. The number of rotatable bonds is 2. The van der Waals surface area contributed by atoms with E-state index >= 15 is 0 Å². The van der Waals surface area contributed by atoms with Crippen molar-refractivity contribution in [2.75, 3.05) is 0 Å². The van der Waals surface area contributed by atoms with Crippen molar-refractivity contribution < 1.29 is 4.79 Å². The Bertz CT molecular complexity index is 199. The highest BCUT2D eigenvalue weighted by Crippen LogP contribution is 2.29. The van der Waals surface area contributed by atoms with Gasteiger partial charge in [0.25, 0.3) is 0 Å². The molecule has 0 aromatic rings. The minimum absolute atomic E-state index is 0.00623. The van der Waals surface area contributed by atoms with Crippen LogP contribution in [-0.4, -0.2) is 17.0 Å². The van der Waals surface area contributed by atoms with Crippen LogP contribution in [0.3, 0.4) is 0 Å². The molecule has 0 aromatic heterocycles. The summed E-state index contributed by atoms with van der Waals surface area (Å²) < 4.78 is 0. The van der Waals surface area contributed by atoms with Crippen LogP contribution >= 0.6 is 0 Å². The number of hydrogen-bond acceptors (Lipinski definition) is 2. The fourth-order valence-corrected chi connectivity index (χ4v) is 1.72. The molecule has 0 unspecified atom stereocenters. The van der Waals surface area contributed by atoms with E-state index < -0.39 is 5.54 Å². The first-order valence-electron chi connectivity index (χ1n) is 4.95. The van der Waals surface area contributed by atoms with Gasteiger partial charge in [0.05, 0.1) is 5.54 Å². The van der Waals surface area contributed by atoms with E-state index in [1.54, 1.807) is 13.8 Å². The molecule has 1 saturated carbocycles. The van der Waals surface area contributed by atoms with Gasteiger partial charge < -0.3 is 11.1 Å². The average molecular weight is 184 g/mol. The molecule has 1 aliphatic carbocycles. The van der Waals surface area contributed by atoms with Crippen LogP contribution in [0.25, 0.3) is 0 Å². The van der Waals surface area contributed by atoms with Gasteiger partial charge in [0.2, 0.25) is 5.91 Å². The molecule has 13 heavy (non-hydrogen) atoms. The highest BCUT2D eigenvalue weighted by Gasteiger charge is 2.33. The number of hydrogen-bond donors (Lipinski definition) is 2. The highest BCUT2D eigenvalue weighted by molar-refractivity contribution is 5.85. The summed E-state index contributed by atoms with van der Waals surface area (Å²) in [7, 11) is 0. The van der Waals surface area contributed by atoms with E-state index in [1.807, 2.05) is 0 Å².